The predicted molar refractivity (Wildman–Crippen MR) is 81.6 cm³/mol. The van der Waals surface area contributed by atoms with Crippen LogP contribution in [0.15, 0.2) is 17.5 Å². The fraction of sp³-hybridized carbons (Fsp3) is 0.467. The molecule has 20 heavy (non-hydrogen) atoms. The van der Waals surface area contributed by atoms with Gasteiger partial charge in [-0.1, -0.05) is 6.92 Å². The monoisotopic (exact) mass is 295 g/mol. The summed E-state index contributed by atoms with van der Waals surface area (Å²) < 4.78 is 4.88. The van der Waals surface area contributed by atoms with Crippen molar-refractivity contribution in [2.24, 2.45) is 0 Å². The van der Waals surface area contributed by atoms with Crippen LogP contribution in [0, 0.1) is 6.92 Å². The van der Waals surface area contributed by atoms with Gasteiger partial charge in [-0.05, 0) is 43.4 Å². The highest BCUT2D eigenvalue weighted by Crippen LogP contribution is 2.17. The third-order valence-corrected chi connectivity index (χ3v) is 3.69. The van der Waals surface area contributed by atoms with Crippen molar-refractivity contribution in [2.75, 3.05) is 19.7 Å². The molecule has 1 amide bonds. The molecule has 4 nitrogen and oxygen atoms in total. The van der Waals surface area contributed by atoms with Gasteiger partial charge in [-0.2, -0.15) is 0 Å². The van der Waals surface area contributed by atoms with Crippen LogP contribution < -0.4 is 0 Å². The van der Waals surface area contributed by atoms with E-state index in [0.29, 0.717) is 13.2 Å². The fourth-order valence-electron chi connectivity index (χ4n) is 1.71. The molecule has 1 rings (SSSR count). The largest absolute Gasteiger partial charge is 0.465 e. The highest BCUT2D eigenvalue weighted by Gasteiger charge is 2.14. The highest BCUT2D eigenvalue weighted by molar-refractivity contribution is 7.11. The van der Waals surface area contributed by atoms with Crippen molar-refractivity contribution in [1.82, 2.24) is 4.90 Å². The molecule has 0 atom stereocenters. The summed E-state index contributed by atoms with van der Waals surface area (Å²) in [4.78, 5) is 26.2. The Morgan fingerprint density at radius 3 is 2.70 bits per heavy atom. The number of hydrogen-bond donors (Lipinski definition) is 0. The summed E-state index contributed by atoms with van der Waals surface area (Å²) >= 11 is 1.59. The lowest BCUT2D eigenvalue weighted by Crippen LogP contribution is -2.36. The predicted octanol–water partition coefficient (Wildman–Crippen LogP) is 2.87. The Hall–Kier alpha value is -1.62. The maximum absolute atomic E-state index is 12.1. The van der Waals surface area contributed by atoms with E-state index in [1.54, 1.807) is 24.3 Å². The second-order valence-corrected chi connectivity index (χ2v) is 5.31. The number of nitrogens with zero attached hydrogens (tertiary/aromatic N) is 1. The molecule has 0 aliphatic rings. The third kappa shape index (κ3) is 5.17. The van der Waals surface area contributed by atoms with Gasteiger partial charge in [0.25, 0.3) is 0 Å². The summed E-state index contributed by atoms with van der Waals surface area (Å²) in [6, 6.07) is 2.01. The lowest BCUT2D eigenvalue weighted by atomic mass is 10.2. The van der Waals surface area contributed by atoms with Crippen LogP contribution in [0.1, 0.15) is 30.7 Å². The summed E-state index contributed by atoms with van der Waals surface area (Å²) in [5, 5.41) is 1.99. The van der Waals surface area contributed by atoms with Gasteiger partial charge in [0.15, 0.2) is 0 Å². The first-order valence-corrected chi connectivity index (χ1v) is 7.63. The van der Waals surface area contributed by atoms with Crippen molar-refractivity contribution in [2.45, 2.75) is 27.2 Å². The molecule has 0 fully saturated rings. The molecule has 0 aliphatic carbocycles. The van der Waals surface area contributed by atoms with E-state index in [4.69, 9.17) is 4.74 Å². The lowest BCUT2D eigenvalue weighted by Gasteiger charge is -2.19. The molecule has 5 heteroatoms. The van der Waals surface area contributed by atoms with Gasteiger partial charge in [0.2, 0.25) is 5.91 Å². The van der Waals surface area contributed by atoms with E-state index in [9.17, 15) is 9.59 Å². The van der Waals surface area contributed by atoms with E-state index < -0.39 is 0 Å². The molecule has 0 spiro atoms. The Labute approximate surface area is 124 Å². The van der Waals surface area contributed by atoms with Crippen molar-refractivity contribution < 1.29 is 14.3 Å². The van der Waals surface area contributed by atoms with Crippen LogP contribution in [0.5, 0.6) is 0 Å². The second kappa shape index (κ2) is 8.53. The number of esters is 1. The summed E-state index contributed by atoms with van der Waals surface area (Å²) in [5.74, 6) is -0.525. The van der Waals surface area contributed by atoms with Crippen molar-refractivity contribution in [3.8, 4) is 0 Å². The number of amides is 1. The number of ether oxygens (including phenoxy) is 1. The van der Waals surface area contributed by atoms with Crippen molar-refractivity contribution in [3.63, 3.8) is 0 Å². The minimum absolute atomic E-state index is 0.00821. The van der Waals surface area contributed by atoms with Gasteiger partial charge in [0.1, 0.15) is 6.54 Å². The third-order valence-electron chi connectivity index (χ3n) is 2.71. The first-order chi connectivity index (χ1) is 9.58. The molecule has 110 valence electrons. The first-order valence-electron chi connectivity index (χ1n) is 6.75. The van der Waals surface area contributed by atoms with Crippen LogP contribution >= 0.6 is 11.3 Å². The lowest BCUT2D eigenvalue weighted by molar-refractivity contribution is -0.147. The molecule has 0 radical (unpaired) electrons. The van der Waals surface area contributed by atoms with E-state index in [1.165, 1.54) is 11.0 Å². The first kappa shape index (κ1) is 16.4. The Kier molecular flexibility index (Phi) is 7.01. The quantitative estimate of drug-likeness (QED) is 0.574. The maximum Gasteiger partial charge on any atom is 0.325 e. The van der Waals surface area contributed by atoms with Gasteiger partial charge >= 0.3 is 5.97 Å². The molecule has 0 aliphatic heterocycles. The van der Waals surface area contributed by atoms with Crippen LogP contribution in [-0.2, 0) is 14.3 Å². The van der Waals surface area contributed by atoms with Gasteiger partial charge in [-0.3, -0.25) is 9.59 Å². The molecule has 0 N–H and O–H groups in total. The number of carbonyl (C=O) groups is 2. The number of hydrogen-bond acceptors (Lipinski definition) is 4. The smallest absolute Gasteiger partial charge is 0.325 e. The van der Waals surface area contributed by atoms with E-state index >= 15 is 0 Å². The van der Waals surface area contributed by atoms with Crippen molar-refractivity contribution >= 4 is 29.3 Å². The van der Waals surface area contributed by atoms with Crippen LogP contribution in [-0.4, -0.2) is 36.5 Å². The second-order valence-electron chi connectivity index (χ2n) is 4.37. The van der Waals surface area contributed by atoms with E-state index in [2.05, 4.69) is 0 Å². The van der Waals surface area contributed by atoms with Gasteiger partial charge < -0.3 is 9.64 Å². The zero-order valence-electron chi connectivity index (χ0n) is 12.2. The number of aryl methyl sites for hydroxylation is 1. The molecular weight excluding hydrogens is 274 g/mol. The molecule has 1 heterocycles. The number of rotatable bonds is 7. The molecule has 0 unspecified atom stereocenters. The average Bonchev–Trinajstić information content (AvgIpc) is 2.81. The van der Waals surface area contributed by atoms with Gasteiger partial charge in [0.05, 0.1) is 6.61 Å². The normalized spacial score (nSPS) is 10.8. The highest BCUT2D eigenvalue weighted by atomic mass is 32.1. The number of carbonyl (C=O) groups excluding carboxylic acids is 2. The molecule has 0 saturated carbocycles. The molecule has 1 aromatic heterocycles. The minimum atomic E-state index is -0.366. The van der Waals surface area contributed by atoms with E-state index in [-0.39, 0.29) is 18.4 Å². The summed E-state index contributed by atoms with van der Waals surface area (Å²) in [6.45, 7) is 6.61. The zero-order valence-corrected chi connectivity index (χ0v) is 13.0. The topological polar surface area (TPSA) is 46.6 Å². The van der Waals surface area contributed by atoms with Gasteiger partial charge in [-0.25, -0.2) is 0 Å². The molecule has 1 aromatic rings. The van der Waals surface area contributed by atoms with Crippen molar-refractivity contribution in [1.29, 1.82) is 0 Å². The van der Waals surface area contributed by atoms with Crippen LogP contribution in [0.4, 0.5) is 0 Å². The fourth-order valence-corrected chi connectivity index (χ4v) is 2.53. The standard InChI is InChI=1S/C15H21NO3S/c1-4-9-16(11-15(18)19-5-2)14(17)7-6-13-12(3)8-10-20-13/h6-8,10H,4-5,9,11H2,1-3H3/b7-6+. The number of thiophene rings is 1. The maximum atomic E-state index is 12.1. The Balaban J connectivity index is 2.66. The van der Waals surface area contributed by atoms with Gasteiger partial charge in [0, 0.05) is 17.5 Å². The summed E-state index contributed by atoms with van der Waals surface area (Å²) in [5.41, 5.74) is 1.14. The molecule has 0 aromatic carbocycles. The van der Waals surface area contributed by atoms with Crippen LogP contribution in [0.25, 0.3) is 6.08 Å². The SMILES string of the molecule is CCCN(CC(=O)OCC)C(=O)/C=C/c1sccc1C. The van der Waals surface area contributed by atoms with Crippen LogP contribution in [0.3, 0.4) is 0 Å². The Morgan fingerprint density at radius 2 is 2.15 bits per heavy atom. The van der Waals surface area contributed by atoms with E-state index in [1.807, 2.05) is 25.3 Å². The Morgan fingerprint density at radius 1 is 1.40 bits per heavy atom. The van der Waals surface area contributed by atoms with Crippen molar-refractivity contribution in [3.05, 3.63) is 28.0 Å². The zero-order chi connectivity index (χ0) is 15.0. The minimum Gasteiger partial charge on any atom is -0.465 e. The van der Waals surface area contributed by atoms with E-state index in [0.717, 1.165) is 16.9 Å². The Bertz CT molecular complexity index is 479. The summed E-state index contributed by atoms with van der Waals surface area (Å²) in [6.07, 6.45) is 4.13. The molecular formula is C15H21NO3S. The average molecular weight is 295 g/mol. The van der Waals surface area contributed by atoms with Crippen LogP contribution in [0.2, 0.25) is 0 Å². The molecule has 0 bridgehead atoms. The molecule has 0 saturated heterocycles. The summed E-state index contributed by atoms with van der Waals surface area (Å²) in [7, 11) is 0. The van der Waals surface area contributed by atoms with Gasteiger partial charge in [-0.15, -0.1) is 11.3 Å².